The molecule has 4 aromatic carbocycles. The van der Waals surface area contributed by atoms with Crippen LogP contribution in [0.4, 0.5) is 16.2 Å². The maximum Gasteiger partial charge on any atom is 0.335 e. The smallest absolute Gasteiger partial charge is 0.335 e. The lowest BCUT2D eigenvalue weighted by atomic mass is 9.76. The van der Waals surface area contributed by atoms with Gasteiger partial charge in [-0.2, -0.15) is 0 Å². The van der Waals surface area contributed by atoms with Gasteiger partial charge in [-0.05, 0) is 71.0 Å². The topological polar surface area (TPSA) is 88.2 Å². The highest BCUT2D eigenvalue weighted by Crippen LogP contribution is 2.50. The second-order valence-corrected chi connectivity index (χ2v) is 11.8. The van der Waals surface area contributed by atoms with Gasteiger partial charge >= 0.3 is 6.03 Å². The first-order valence-corrected chi connectivity index (χ1v) is 15.6. The third-order valence-corrected chi connectivity index (χ3v) is 9.17. The number of rotatable bonds is 7. The van der Waals surface area contributed by atoms with Crippen LogP contribution in [0, 0.1) is 12.3 Å². The molecule has 8 heteroatoms. The molecule has 7 rings (SSSR count). The SMILES string of the molecule is C#CCOc1ccc(/C=C2\C(=O)NC(=O)N(c3cc4c5c(c3)[C@H](c3ccccc3)CCN5CC[C@H]4c3ccccc3)C2=O)cc1OC. The highest BCUT2D eigenvalue weighted by molar-refractivity contribution is 6.39. The third-order valence-electron chi connectivity index (χ3n) is 9.17. The molecule has 1 N–H and O–H groups in total. The Bertz CT molecular complexity index is 1870. The third kappa shape index (κ3) is 5.50. The minimum atomic E-state index is -0.782. The molecule has 0 aliphatic carbocycles. The molecule has 234 valence electrons. The van der Waals surface area contributed by atoms with Crippen LogP contribution in [0.25, 0.3) is 6.08 Å². The number of ether oxygens (including phenoxy) is 2. The Balaban J connectivity index is 1.34. The number of hydrogen-bond donors (Lipinski definition) is 1. The zero-order valence-electron chi connectivity index (χ0n) is 25.9. The van der Waals surface area contributed by atoms with Gasteiger partial charge in [0.05, 0.1) is 12.8 Å². The van der Waals surface area contributed by atoms with Crippen LogP contribution in [0.5, 0.6) is 11.5 Å². The first-order valence-electron chi connectivity index (χ1n) is 15.6. The number of hydrogen-bond acceptors (Lipinski definition) is 6. The Hall–Kier alpha value is -5.81. The van der Waals surface area contributed by atoms with E-state index >= 15 is 0 Å². The number of benzene rings is 4. The van der Waals surface area contributed by atoms with Crippen LogP contribution in [-0.4, -0.2) is 44.7 Å². The van der Waals surface area contributed by atoms with E-state index in [-0.39, 0.29) is 24.0 Å². The Morgan fingerprint density at radius 2 is 1.47 bits per heavy atom. The number of imide groups is 2. The summed E-state index contributed by atoms with van der Waals surface area (Å²) in [5.41, 5.74) is 6.47. The Morgan fingerprint density at radius 3 is 2.04 bits per heavy atom. The zero-order chi connectivity index (χ0) is 32.5. The molecular weight excluding hydrogens is 590 g/mol. The lowest BCUT2D eigenvalue weighted by Crippen LogP contribution is -2.54. The number of methoxy groups -OCH3 is 1. The Kier molecular flexibility index (Phi) is 7.96. The summed E-state index contributed by atoms with van der Waals surface area (Å²) >= 11 is 0. The van der Waals surface area contributed by atoms with Gasteiger partial charge in [0.25, 0.3) is 11.8 Å². The van der Waals surface area contributed by atoms with Crippen LogP contribution in [0.1, 0.15) is 52.5 Å². The van der Waals surface area contributed by atoms with Crippen molar-refractivity contribution in [2.24, 2.45) is 0 Å². The molecule has 0 aromatic heterocycles. The fraction of sp³-hybridized carbons (Fsp3) is 0.205. The summed E-state index contributed by atoms with van der Waals surface area (Å²) in [6, 6.07) is 28.8. The number of amides is 4. The van der Waals surface area contributed by atoms with E-state index in [1.54, 1.807) is 18.2 Å². The van der Waals surface area contributed by atoms with Crippen LogP contribution in [-0.2, 0) is 9.59 Å². The minimum Gasteiger partial charge on any atom is -0.493 e. The molecule has 0 bridgehead atoms. The summed E-state index contributed by atoms with van der Waals surface area (Å²) in [6.07, 6.45) is 8.59. The molecule has 47 heavy (non-hydrogen) atoms. The molecule has 1 fully saturated rings. The molecule has 0 unspecified atom stereocenters. The molecule has 3 aliphatic heterocycles. The van der Waals surface area contributed by atoms with Gasteiger partial charge < -0.3 is 14.4 Å². The van der Waals surface area contributed by atoms with E-state index in [9.17, 15) is 14.4 Å². The van der Waals surface area contributed by atoms with Crippen LogP contribution >= 0.6 is 0 Å². The summed E-state index contributed by atoms with van der Waals surface area (Å²) in [5, 5.41) is 2.39. The zero-order valence-corrected chi connectivity index (χ0v) is 25.9. The van der Waals surface area contributed by atoms with E-state index in [2.05, 4.69) is 40.4 Å². The molecular formula is C39H33N3O5. The van der Waals surface area contributed by atoms with E-state index in [0.717, 1.165) is 42.0 Å². The molecule has 0 saturated carbocycles. The van der Waals surface area contributed by atoms with E-state index in [4.69, 9.17) is 15.9 Å². The number of carbonyl (C=O) groups excluding carboxylic acids is 3. The van der Waals surface area contributed by atoms with Crippen molar-refractivity contribution < 1.29 is 23.9 Å². The van der Waals surface area contributed by atoms with Gasteiger partial charge in [-0.15, -0.1) is 6.42 Å². The van der Waals surface area contributed by atoms with Crippen molar-refractivity contribution in [2.75, 3.05) is 36.6 Å². The average Bonchev–Trinajstić information content (AvgIpc) is 3.10. The summed E-state index contributed by atoms with van der Waals surface area (Å²) in [7, 11) is 1.49. The quantitative estimate of drug-likeness (QED) is 0.149. The monoisotopic (exact) mass is 623 g/mol. The van der Waals surface area contributed by atoms with E-state index < -0.39 is 17.8 Å². The van der Waals surface area contributed by atoms with E-state index in [1.165, 1.54) is 30.0 Å². The fourth-order valence-electron chi connectivity index (χ4n) is 7.04. The van der Waals surface area contributed by atoms with Gasteiger partial charge in [0.1, 0.15) is 12.2 Å². The number of nitrogens with one attached hydrogen (secondary N) is 1. The number of urea groups is 1. The highest BCUT2D eigenvalue weighted by Gasteiger charge is 2.40. The maximum atomic E-state index is 14.2. The largest absolute Gasteiger partial charge is 0.493 e. The van der Waals surface area contributed by atoms with Crippen LogP contribution < -0.4 is 24.6 Å². The van der Waals surface area contributed by atoms with Gasteiger partial charge in [-0.3, -0.25) is 14.9 Å². The van der Waals surface area contributed by atoms with Crippen molar-refractivity contribution in [3.8, 4) is 23.8 Å². The molecule has 3 aliphatic rings. The second kappa shape index (κ2) is 12.5. The molecule has 8 nitrogen and oxygen atoms in total. The van der Waals surface area contributed by atoms with Gasteiger partial charge in [-0.1, -0.05) is 72.7 Å². The van der Waals surface area contributed by atoms with Crippen LogP contribution in [0.2, 0.25) is 0 Å². The fourth-order valence-corrected chi connectivity index (χ4v) is 7.04. The lowest BCUT2D eigenvalue weighted by Gasteiger charge is -2.44. The van der Waals surface area contributed by atoms with Crippen molar-refractivity contribution in [1.29, 1.82) is 0 Å². The predicted octanol–water partition coefficient (Wildman–Crippen LogP) is 6.25. The van der Waals surface area contributed by atoms with Crippen molar-refractivity contribution >= 4 is 35.3 Å². The molecule has 4 amide bonds. The molecule has 4 aromatic rings. The summed E-state index contributed by atoms with van der Waals surface area (Å²) < 4.78 is 11.0. The Labute approximate surface area is 273 Å². The number of carbonyl (C=O) groups is 3. The number of nitrogens with zero attached hydrogens (tertiary/aromatic N) is 2. The minimum absolute atomic E-state index is 0.0611. The lowest BCUT2D eigenvalue weighted by molar-refractivity contribution is -0.122. The van der Waals surface area contributed by atoms with Crippen molar-refractivity contribution in [3.05, 3.63) is 124 Å². The van der Waals surface area contributed by atoms with Gasteiger partial charge in [-0.25, -0.2) is 9.69 Å². The summed E-state index contributed by atoms with van der Waals surface area (Å²) in [6.45, 7) is 1.90. The predicted molar refractivity (Wildman–Crippen MR) is 181 cm³/mol. The average molecular weight is 624 g/mol. The summed E-state index contributed by atoms with van der Waals surface area (Å²) in [4.78, 5) is 44.3. The van der Waals surface area contributed by atoms with Gasteiger partial charge in [0.2, 0.25) is 0 Å². The van der Waals surface area contributed by atoms with Crippen molar-refractivity contribution in [3.63, 3.8) is 0 Å². The van der Waals surface area contributed by atoms with Crippen molar-refractivity contribution in [2.45, 2.75) is 24.7 Å². The van der Waals surface area contributed by atoms with E-state index in [0.29, 0.717) is 22.7 Å². The highest BCUT2D eigenvalue weighted by atomic mass is 16.5. The normalized spacial score (nSPS) is 19.6. The molecule has 3 heterocycles. The molecule has 2 atom stereocenters. The number of barbiturate groups is 1. The van der Waals surface area contributed by atoms with Gasteiger partial charge in [0.15, 0.2) is 11.5 Å². The standard InChI is InChI=1S/C39H33N3O5/c1-3-20-47-34-15-14-25(22-35(34)46-2)21-33-37(43)40-39(45)42(38(33)44)28-23-31-29(26-10-6-4-7-11-26)16-18-41-19-17-30(32(24-28)36(31)41)27-12-8-5-9-13-27/h1,4-15,21-24,29-30H,16-20H2,2H3,(H,40,43,45)/b33-21+/t29-,30-/m0/s1. The van der Waals surface area contributed by atoms with E-state index in [1.807, 2.05) is 48.5 Å². The molecule has 1 saturated heterocycles. The maximum absolute atomic E-state index is 14.2. The first kappa shape index (κ1) is 29.9. The molecule has 0 radical (unpaired) electrons. The number of anilines is 2. The second-order valence-electron chi connectivity index (χ2n) is 11.8. The van der Waals surface area contributed by atoms with Crippen LogP contribution in [0.3, 0.4) is 0 Å². The summed E-state index contributed by atoms with van der Waals surface area (Å²) in [5.74, 6) is 1.93. The first-order chi connectivity index (χ1) is 23.0. The number of terminal acetylenes is 1. The van der Waals surface area contributed by atoms with Crippen LogP contribution in [0.15, 0.2) is 96.6 Å². The van der Waals surface area contributed by atoms with Crippen molar-refractivity contribution in [1.82, 2.24) is 5.32 Å². The molecule has 0 spiro atoms. The Morgan fingerprint density at radius 1 is 0.851 bits per heavy atom. The van der Waals surface area contributed by atoms with Gasteiger partial charge in [0, 0.05) is 30.6 Å².